The summed E-state index contributed by atoms with van der Waals surface area (Å²) in [6.45, 7) is 5.42. The molecule has 2 fully saturated rings. The predicted molar refractivity (Wildman–Crippen MR) is 124 cm³/mol. The highest BCUT2D eigenvalue weighted by Gasteiger charge is 2.53. The van der Waals surface area contributed by atoms with Crippen molar-refractivity contribution in [3.63, 3.8) is 0 Å². The smallest absolute Gasteiger partial charge is 0.244 e. The van der Waals surface area contributed by atoms with Crippen LogP contribution in [0.1, 0.15) is 38.4 Å². The highest BCUT2D eigenvalue weighted by atomic mass is 16.5. The normalized spacial score (nSPS) is 29.8. The molecule has 2 amide bonds. The molecule has 6 rings (SSSR count). The number of carbonyl (C=O) groups excluding carboxylic acids is 2. The molecule has 4 heterocycles. The van der Waals surface area contributed by atoms with Crippen LogP contribution >= 0.6 is 0 Å². The summed E-state index contributed by atoms with van der Waals surface area (Å²) in [5.74, 6) is 0.898. The minimum absolute atomic E-state index is 0.0134. The SMILES string of the molecule is CC1(C)Oc2ccccc2[C@H]2O[C@H]3CCN(CC(=O)N4CC(=O)Nc5ccccc54)[C@@H]3C[C@@H]21. The zero-order valence-electron chi connectivity index (χ0n) is 19.0. The molecule has 7 heteroatoms. The Hall–Kier alpha value is -2.90. The summed E-state index contributed by atoms with van der Waals surface area (Å²) in [7, 11) is 0. The molecular weight excluding hydrogens is 418 g/mol. The Balaban J connectivity index is 1.22. The fourth-order valence-corrected chi connectivity index (χ4v) is 6.03. The molecule has 4 aliphatic heterocycles. The third-order valence-corrected chi connectivity index (χ3v) is 7.68. The summed E-state index contributed by atoms with van der Waals surface area (Å²) >= 11 is 0. The van der Waals surface area contributed by atoms with Gasteiger partial charge < -0.3 is 14.8 Å². The highest BCUT2D eigenvalue weighted by molar-refractivity contribution is 6.10. The van der Waals surface area contributed by atoms with Gasteiger partial charge in [-0.25, -0.2) is 0 Å². The zero-order chi connectivity index (χ0) is 22.7. The lowest BCUT2D eigenvalue weighted by Crippen LogP contribution is -2.55. The van der Waals surface area contributed by atoms with Crippen LogP contribution in [0, 0.1) is 5.92 Å². The van der Waals surface area contributed by atoms with Crippen LogP contribution < -0.4 is 15.0 Å². The van der Waals surface area contributed by atoms with Crippen LogP contribution in [0.2, 0.25) is 0 Å². The average molecular weight is 448 g/mol. The number of likely N-dealkylation sites (tertiary alicyclic amines) is 1. The molecule has 0 aliphatic carbocycles. The number of benzene rings is 2. The first-order valence-corrected chi connectivity index (χ1v) is 11.8. The molecule has 4 atom stereocenters. The minimum atomic E-state index is -0.355. The van der Waals surface area contributed by atoms with Crippen molar-refractivity contribution in [3.8, 4) is 5.75 Å². The maximum absolute atomic E-state index is 13.3. The van der Waals surface area contributed by atoms with Gasteiger partial charge in [-0.2, -0.15) is 0 Å². The maximum atomic E-state index is 13.3. The van der Waals surface area contributed by atoms with E-state index in [9.17, 15) is 9.59 Å². The Labute approximate surface area is 193 Å². The van der Waals surface area contributed by atoms with Gasteiger partial charge in [0.15, 0.2) is 0 Å². The summed E-state index contributed by atoms with van der Waals surface area (Å²) in [5, 5.41) is 2.85. The van der Waals surface area contributed by atoms with E-state index in [1.807, 2.05) is 42.5 Å². The van der Waals surface area contributed by atoms with Crippen LogP contribution in [0.5, 0.6) is 5.75 Å². The molecule has 0 aromatic heterocycles. The van der Waals surface area contributed by atoms with Gasteiger partial charge in [-0.15, -0.1) is 0 Å². The zero-order valence-corrected chi connectivity index (χ0v) is 19.0. The van der Waals surface area contributed by atoms with Crippen LogP contribution in [0.15, 0.2) is 48.5 Å². The van der Waals surface area contributed by atoms with Crippen molar-refractivity contribution in [1.82, 2.24) is 4.90 Å². The first-order chi connectivity index (χ1) is 15.9. The van der Waals surface area contributed by atoms with E-state index in [0.717, 1.165) is 36.4 Å². The van der Waals surface area contributed by atoms with Crippen LogP contribution in [-0.2, 0) is 14.3 Å². The molecule has 2 aromatic rings. The van der Waals surface area contributed by atoms with Crippen LogP contribution in [0.25, 0.3) is 0 Å². The van der Waals surface area contributed by atoms with Gasteiger partial charge in [0.25, 0.3) is 0 Å². The van der Waals surface area contributed by atoms with Gasteiger partial charge in [0.05, 0.1) is 30.1 Å². The van der Waals surface area contributed by atoms with Gasteiger partial charge in [-0.3, -0.25) is 19.4 Å². The molecule has 0 saturated carbocycles. The number of rotatable bonds is 2. The Morgan fingerprint density at radius 2 is 1.94 bits per heavy atom. The highest BCUT2D eigenvalue weighted by Crippen LogP contribution is 2.52. The summed E-state index contributed by atoms with van der Waals surface area (Å²) in [5.41, 5.74) is 2.22. The van der Waals surface area contributed by atoms with Gasteiger partial charge in [0.1, 0.15) is 17.9 Å². The number of hydrogen-bond acceptors (Lipinski definition) is 5. The maximum Gasteiger partial charge on any atom is 0.244 e. The van der Waals surface area contributed by atoms with Crippen molar-refractivity contribution >= 4 is 23.2 Å². The number of amides is 2. The van der Waals surface area contributed by atoms with E-state index >= 15 is 0 Å². The summed E-state index contributed by atoms with van der Waals surface area (Å²) < 4.78 is 13.1. The third-order valence-electron chi connectivity index (χ3n) is 7.68. The molecule has 33 heavy (non-hydrogen) atoms. The number of carbonyl (C=O) groups is 2. The second-order valence-electron chi connectivity index (χ2n) is 10.1. The van der Waals surface area contributed by atoms with E-state index in [2.05, 4.69) is 30.1 Å². The lowest BCUT2D eigenvalue weighted by molar-refractivity contribution is -0.162. The van der Waals surface area contributed by atoms with Gasteiger partial charge >= 0.3 is 0 Å². The van der Waals surface area contributed by atoms with E-state index in [-0.39, 0.29) is 54.7 Å². The summed E-state index contributed by atoms with van der Waals surface area (Å²) in [6, 6.07) is 15.8. The Bertz CT molecular complexity index is 1120. The fraction of sp³-hybridized carbons (Fsp3) is 0.462. The van der Waals surface area contributed by atoms with Crippen molar-refractivity contribution in [2.24, 2.45) is 5.92 Å². The van der Waals surface area contributed by atoms with Crippen LogP contribution in [-0.4, -0.2) is 54.1 Å². The molecule has 1 N–H and O–H groups in total. The van der Waals surface area contributed by atoms with E-state index in [0.29, 0.717) is 5.69 Å². The molecule has 7 nitrogen and oxygen atoms in total. The number of hydrogen-bond donors (Lipinski definition) is 1. The minimum Gasteiger partial charge on any atom is -0.487 e. The topological polar surface area (TPSA) is 71.1 Å². The van der Waals surface area contributed by atoms with Gasteiger partial charge in [0.2, 0.25) is 11.8 Å². The van der Waals surface area contributed by atoms with Crippen molar-refractivity contribution in [3.05, 3.63) is 54.1 Å². The van der Waals surface area contributed by atoms with Gasteiger partial charge in [-0.05, 0) is 44.9 Å². The van der Waals surface area contributed by atoms with E-state index in [1.165, 1.54) is 0 Å². The first kappa shape index (κ1) is 20.7. The number of anilines is 2. The molecule has 2 saturated heterocycles. The van der Waals surface area contributed by atoms with Crippen molar-refractivity contribution in [2.75, 3.05) is 29.9 Å². The number of para-hydroxylation sites is 3. The van der Waals surface area contributed by atoms with Gasteiger partial charge in [-0.1, -0.05) is 30.3 Å². The molecule has 4 aliphatic rings. The number of ether oxygens (including phenoxy) is 2. The number of nitrogens with one attached hydrogen (secondary N) is 1. The van der Waals surface area contributed by atoms with Crippen LogP contribution in [0.4, 0.5) is 11.4 Å². The molecule has 0 radical (unpaired) electrons. The lowest BCUT2D eigenvalue weighted by Gasteiger charge is -2.50. The fourth-order valence-electron chi connectivity index (χ4n) is 6.03. The standard InChI is InChI=1S/C26H29N3O4/c1-26(2)17-13-20-22(32-25(17)16-7-3-6-10-21(16)33-26)11-12-28(20)15-24(31)29-14-23(30)27-18-8-4-5-9-19(18)29/h3-10,17,20,22,25H,11-15H2,1-2H3,(H,27,30)/t17-,20+,22-,25+/m0/s1. The average Bonchev–Trinajstić information content (AvgIpc) is 3.19. The monoisotopic (exact) mass is 447 g/mol. The quantitative estimate of drug-likeness (QED) is 0.765. The molecule has 0 unspecified atom stereocenters. The lowest BCUT2D eigenvalue weighted by atomic mass is 9.74. The van der Waals surface area contributed by atoms with E-state index in [1.54, 1.807) is 4.90 Å². The van der Waals surface area contributed by atoms with E-state index in [4.69, 9.17) is 9.47 Å². The second kappa shape index (κ2) is 7.57. The molecular formula is C26H29N3O4. The van der Waals surface area contributed by atoms with Gasteiger partial charge in [0, 0.05) is 24.1 Å². The Morgan fingerprint density at radius 3 is 2.82 bits per heavy atom. The molecule has 0 bridgehead atoms. The largest absolute Gasteiger partial charge is 0.487 e. The van der Waals surface area contributed by atoms with Crippen molar-refractivity contribution < 1.29 is 19.1 Å². The molecule has 172 valence electrons. The number of nitrogens with zero attached hydrogens (tertiary/aromatic N) is 2. The summed E-state index contributed by atoms with van der Waals surface area (Å²) in [6.07, 6.45) is 1.93. The van der Waals surface area contributed by atoms with Crippen molar-refractivity contribution in [1.29, 1.82) is 0 Å². The predicted octanol–water partition coefficient (Wildman–Crippen LogP) is 3.36. The van der Waals surface area contributed by atoms with E-state index < -0.39 is 0 Å². The summed E-state index contributed by atoms with van der Waals surface area (Å²) in [4.78, 5) is 29.4. The number of fused-ring (bicyclic) bond motifs is 5. The molecule has 0 spiro atoms. The van der Waals surface area contributed by atoms with Crippen molar-refractivity contribution in [2.45, 2.75) is 50.5 Å². The molecule has 2 aromatic carbocycles. The Morgan fingerprint density at radius 1 is 1.15 bits per heavy atom. The Kier molecular flexibility index (Phi) is 4.74. The third kappa shape index (κ3) is 3.42. The second-order valence-corrected chi connectivity index (χ2v) is 10.1. The first-order valence-electron chi connectivity index (χ1n) is 11.8. The van der Waals surface area contributed by atoms with Crippen LogP contribution in [0.3, 0.4) is 0 Å².